The highest BCUT2D eigenvalue weighted by Crippen LogP contribution is 2.46. The molecule has 2 heterocycles. The van der Waals surface area contributed by atoms with Crippen molar-refractivity contribution in [2.24, 2.45) is 41.4 Å². The van der Waals surface area contributed by atoms with Crippen molar-refractivity contribution in [1.82, 2.24) is 9.97 Å². The van der Waals surface area contributed by atoms with E-state index >= 15 is 0 Å². The van der Waals surface area contributed by atoms with Crippen LogP contribution in [-0.4, -0.2) is 54.2 Å². The van der Waals surface area contributed by atoms with Crippen LogP contribution in [0.3, 0.4) is 0 Å². The fourth-order valence-electron chi connectivity index (χ4n) is 10.9. The average molecular weight is 776 g/mol. The highest BCUT2D eigenvalue weighted by Gasteiger charge is 2.46. The smallest absolute Gasteiger partial charge is 0.309 e. The minimum atomic E-state index is -1.02. The van der Waals surface area contributed by atoms with E-state index in [-0.39, 0.29) is 30.3 Å². The number of unbranched alkanes of at least 4 members (excludes halogenated alkanes) is 4. The molecule has 0 unspecified atom stereocenters. The van der Waals surface area contributed by atoms with Gasteiger partial charge in [-0.3, -0.25) is 4.79 Å². The summed E-state index contributed by atoms with van der Waals surface area (Å²) in [7, 11) is 0. The number of hydrogen-bond donors (Lipinski definition) is 6. The van der Waals surface area contributed by atoms with Crippen LogP contribution in [0.1, 0.15) is 172 Å². The first kappa shape index (κ1) is 44.4. The zero-order valence-electron chi connectivity index (χ0n) is 35.1. The Hall–Kier alpha value is -2.68. The maximum atomic E-state index is 12.4. The second kappa shape index (κ2) is 21.9. The third-order valence-corrected chi connectivity index (χ3v) is 14.4. The van der Waals surface area contributed by atoms with Crippen LogP contribution < -0.4 is 5.73 Å². The summed E-state index contributed by atoms with van der Waals surface area (Å²) in [6, 6.07) is 6.22. The van der Waals surface area contributed by atoms with Crippen molar-refractivity contribution in [3.8, 4) is 0 Å². The number of aliphatic hydroxyl groups is 3. The molecule has 2 aromatic heterocycles. The molecule has 8 heteroatoms. The number of H-pyrrole nitrogens is 1. The van der Waals surface area contributed by atoms with Gasteiger partial charge in [-0.1, -0.05) is 104 Å². The van der Waals surface area contributed by atoms with Gasteiger partial charge in [-0.2, -0.15) is 0 Å². The van der Waals surface area contributed by atoms with Crippen LogP contribution >= 0.6 is 0 Å². The van der Waals surface area contributed by atoms with Crippen molar-refractivity contribution >= 4 is 11.8 Å². The standard InChI is InChI=1S/C48H77N3O5/c1-4-5-8-13-35-18-19-39(45(53)27-35)16-11-7-12-17-43(47(54)55)44(52)20-22-48(56)31-37(25-36-21-23-50-46(49)28-36)26-41(48)30-42-29-40(32-51-42)34(3)24-33(2)38-14-9-6-10-15-38/h18-19,21,23,28-29,32-35,37-39,41,43-45,51-53,56H,4-17,20,22,24-27,30-31H2,1-3H3,(H2,49,50)(H,54,55)/t33-,34+,35+,37-,39+,41-,43-,44+,45+,48+/m0/s1. The Bertz CT molecular complexity index is 1490. The predicted molar refractivity (Wildman–Crippen MR) is 227 cm³/mol. The van der Waals surface area contributed by atoms with Crippen LogP contribution in [0.4, 0.5) is 5.82 Å². The number of rotatable bonds is 23. The molecule has 0 amide bonds. The Morgan fingerprint density at radius 2 is 1.79 bits per heavy atom. The molecule has 2 aromatic rings. The summed E-state index contributed by atoms with van der Waals surface area (Å²) in [5.74, 6) is 1.58. The number of nitrogens with two attached hydrogens (primary N) is 1. The number of aliphatic hydroxyl groups excluding tert-OH is 2. The van der Waals surface area contributed by atoms with E-state index in [1.165, 1.54) is 63.4 Å². The van der Waals surface area contributed by atoms with E-state index in [1.54, 1.807) is 6.20 Å². The molecule has 2 fully saturated rings. The van der Waals surface area contributed by atoms with Gasteiger partial charge < -0.3 is 31.1 Å². The van der Waals surface area contributed by atoms with Crippen LogP contribution in [0.5, 0.6) is 0 Å². The van der Waals surface area contributed by atoms with Crippen molar-refractivity contribution in [2.75, 3.05) is 5.73 Å². The SMILES string of the molecule is CCCCC[C@@H]1C=C[C@@H](CCCCC[C@H](C(=O)O)[C@H](O)CC[C@@]2(O)C[C@@H](Cc3ccnc(N)c3)C[C@H]2Cc2cc([C@H](C)C[C@H](C)C3CCCCC3)c[nH]2)[C@H](O)C1. The molecular formula is C48H77N3O5. The van der Waals surface area contributed by atoms with Crippen LogP contribution in [0.2, 0.25) is 0 Å². The predicted octanol–water partition coefficient (Wildman–Crippen LogP) is 10.2. The van der Waals surface area contributed by atoms with Crippen molar-refractivity contribution in [1.29, 1.82) is 0 Å². The molecule has 3 aliphatic rings. The summed E-state index contributed by atoms with van der Waals surface area (Å²) >= 11 is 0. The fourth-order valence-corrected chi connectivity index (χ4v) is 10.9. The molecule has 0 radical (unpaired) electrons. The Morgan fingerprint density at radius 3 is 2.52 bits per heavy atom. The van der Waals surface area contributed by atoms with Gasteiger partial charge in [0.05, 0.1) is 23.7 Å². The zero-order chi connectivity index (χ0) is 40.1. The van der Waals surface area contributed by atoms with Gasteiger partial charge in [0.1, 0.15) is 5.82 Å². The Morgan fingerprint density at radius 1 is 1.00 bits per heavy atom. The number of carbonyl (C=O) groups is 1. The number of anilines is 1. The van der Waals surface area contributed by atoms with Gasteiger partial charge in [0.2, 0.25) is 0 Å². The monoisotopic (exact) mass is 776 g/mol. The maximum absolute atomic E-state index is 12.4. The quantitative estimate of drug-likeness (QED) is 0.0485. The third kappa shape index (κ3) is 13.2. The van der Waals surface area contributed by atoms with Gasteiger partial charge in [-0.15, -0.1) is 0 Å². The Balaban J connectivity index is 1.14. The van der Waals surface area contributed by atoms with Crippen LogP contribution in [0.15, 0.2) is 42.7 Å². The van der Waals surface area contributed by atoms with E-state index in [4.69, 9.17) is 5.73 Å². The van der Waals surface area contributed by atoms with Crippen LogP contribution in [-0.2, 0) is 17.6 Å². The summed E-state index contributed by atoms with van der Waals surface area (Å²) in [4.78, 5) is 20.1. The van der Waals surface area contributed by atoms with Gasteiger partial charge in [-0.05, 0) is 135 Å². The lowest BCUT2D eigenvalue weighted by molar-refractivity contribution is -0.146. The molecule has 0 aliphatic heterocycles. The number of aromatic amines is 1. The molecule has 56 heavy (non-hydrogen) atoms. The Labute approximate surface area is 338 Å². The van der Waals surface area contributed by atoms with E-state index < -0.39 is 23.6 Å². The summed E-state index contributed by atoms with van der Waals surface area (Å²) in [5.41, 5.74) is 8.59. The van der Waals surface area contributed by atoms with Gasteiger partial charge in [0.25, 0.3) is 0 Å². The van der Waals surface area contributed by atoms with E-state index in [1.807, 2.05) is 12.1 Å². The first-order valence-electron chi connectivity index (χ1n) is 22.8. The average Bonchev–Trinajstić information content (AvgIpc) is 3.77. The first-order chi connectivity index (χ1) is 26.9. The molecule has 2 saturated carbocycles. The maximum Gasteiger partial charge on any atom is 0.309 e. The molecule has 5 rings (SSSR count). The molecule has 0 saturated heterocycles. The van der Waals surface area contributed by atoms with E-state index in [9.17, 15) is 25.2 Å². The van der Waals surface area contributed by atoms with E-state index in [0.29, 0.717) is 42.8 Å². The van der Waals surface area contributed by atoms with Gasteiger partial charge >= 0.3 is 5.97 Å². The molecule has 10 atom stereocenters. The van der Waals surface area contributed by atoms with Crippen molar-refractivity contribution in [3.05, 3.63) is 59.6 Å². The minimum absolute atomic E-state index is 0.0130. The second-order valence-corrected chi connectivity index (χ2v) is 18.9. The number of allylic oxidation sites excluding steroid dienone is 1. The lowest BCUT2D eigenvalue weighted by atomic mass is 9.76. The number of nitrogens with one attached hydrogen (secondary N) is 1. The first-order valence-corrected chi connectivity index (χ1v) is 22.8. The highest BCUT2D eigenvalue weighted by atomic mass is 16.4. The minimum Gasteiger partial charge on any atom is -0.481 e. The fraction of sp³-hybridized carbons (Fsp3) is 0.750. The number of aliphatic carboxylic acids is 1. The highest BCUT2D eigenvalue weighted by molar-refractivity contribution is 5.70. The van der Waals surface area contributed by atoms with Gasteiger partial charge in [0, 0.05) is 24.0 Å². The number of carboxylic acids is 1. The van der Waals surface area contributed by atoms with Gasteiger partial charge in [0.15, 0.2) is 0 Å². The zero-order valence-corrected chi connectivity index (χ0v) is 35.1. The number of nitrogen functional groups attached to an aromatic ring is 1. The largest absolute Gasteiger partial charge is 0.481 e. The molecule has 314 valence electrons. The molecule has 3 aliphatic carbocycles. The normalized spacial score (nSPS) is 27.9. The van der Waals surface area contributed by atoms with Gasteiger partial charge in [-0.25, -0.2) is 4.98 Å². The molecule has 0 aromatic carbocycles. The lowest BCUT2D eigenvalue weighted by Crippen LogP contribution is -2.37. The van der Waals surface area contributed by atoms with Crippen molar-refractivity contribution < 1.29 is 25.2 Å². The van der Waals surface area contributed by atoms with Crippen molar-refractivity contribution in [2.45, 2.75) is 186 Å². The second-order valence-electron chi connectivity index (χ2n) is 18.9. The number of aromatic nitrogens is 2. The number of nitrogens with zero attached hydrogens (tertiary/aromatic N) is 1. The Kier molecular flexibility index (Phi) is 17.4. The van der Waals surface area contributed by atoms with E-state index in [0.717, 1.165) is 75.0 Å². The summed E-state index contributed by atoms with van der Waals surface area (Å²) in [5, 5.41) is 44.6. The summed E-state index contributed by atoms with van der Waals surface area (Å²) in [6.45, 7) is 7.00. The number of hydrogen-bond acceptors (Lipinski definition) is 6. The van der Waals surface area contributed by atoms with E-state index in [2.05, 4.69) is 55.2 Å². The molecular weight excluding hydrogens is 699 g/mol. The van der Waals surface area contributed by atoms with Crippen LogP contribution in [0, 0.1) is 41.4 Å². The molecule has 8 nitrogen and oxygen atoms in total. The lowest BCUT2D eigenvalue weighted by Gasteiger charge is -2.32. The number of pyridine rings is 1. The number of carboxylic acid groups (broad SMARTS) is 1. The van der Waals surface area contributed by atoms with Crippen molar-refractivity contribution in [3.63, 3.8) is 0 Å². The third-order valence-electron chi connectivity index (χ3n) is 14.4. The van der Waals surface area contributed by atoms with Crippen LogP contribution in [0.25, 0.3) is 0 Å². The topological polar surface area (TPSA) is 153 Å². The molecule has 0 spiro atoms. The summed E-state index contributed by atoms with van der Waals surface area (Å²) < 4.78 is 0. The summed E-state index contributed by atoms with van der Waals surface area (Å²) in [6.07, 6.45) is 28.3. The molecule has 7 N–H and O–H groups in total. The molecule has 0 bridgehead atoms.